The summed E-state index contributed by atoms with van der Waals surface area (Å²) in [7, 11) is 3.56. The summed E-state index contributed by atoms with van der Waals surface area (Å²) in [5.74, 6) is -1.37. The van der Waals surface area contributed by atoms with E-state index in [-0.39, 0.29) is 29.4 Å². The zero-order valence-electron chi connectivity index (χ0n) is 12.2. The lowest BCUT2D eigenvalue weighted by Gasteiger charge is -2.25. The van der Waals surface area contributed by atoms with Crippen LogP contribution in [-0.2, 0) is 0 Å². The Morgan fingerprint density at radius 2 is 1.82 bits per heavy atom. The fourth-order valence-electron chi connectivity index (χ4n) is 2.94. The summed E-state index contributed by atoms with van der Waals surface area (Å²) in [6.45, 7) is 0.288. The van der Waals surface area contributed by atoms with Gasteiger partial charge < -0.3 is 4.90 Å². The molecule has 0 fully saturated rings. The second-order valence-electron chi connectivity index (χ2n) is 5.70. The topological polar surface area (TPSA) is 80.5 Å². The maximum Gasteiger partial charge on any atom is 0.270 e. The molecule has 0 aliphatic heterocycles. The van der Waals surface area contributed by atoms with E-state index >= 15 is 0 Å². The zero-order chi connectivity index (χ0) is 16.0. The lowest BCUT2D eigenvalue weighted by molar-refractivity contribution is -0.384. The summed E-state index contributed by atoms with van der Waals surface area (Å²) in [5, 5.41) is 12.1. The van der Waals surface area contributed by atoms with Crippen LogP contribution >= 0.6 is 0 Å². The van der Waals surface area contributed by atoms with Crippen LogP contribution < -0.4 is 0 Å². The second kappa shape index (κ2) is 4.99. The number of ketones is 2. The van der Waals surface area contributed by atoms with Crippen LogP contribution in [0, 0.1) is 16.0 Å². The van der Waals surface area contributed by atoms with Crippen LogP contribution in [0.25, 0.3) is 10.8 Å². The lowest BCUT2D eigenvalue weighted by Crippen LogP contribution is -2.37. The van der Waals surface area contributed by atoms with E-state index in [0.717, 1.165) is 0 Å². The molecule has 0 N–H and O–H groups in total. The fraction of sp³-hybridized carbons (Fsp3) is 0.250. The molecular weight excluding hydrogens is 284 g/mol. The van der Waals surface area contributed by atoms with Gasteiger partial charge in [-0.15, -0.1) is 0 Å². The van der Waals surface area contributed by atoms with Gasteiger partial charge in [-0.1, -0.05) is 18.2 Å². The van der Waals surface area contributed by atoms with Crippen molar-refractivity contribution in [3.8, 4) is 0 Å². The SMILES string of the molecule is CN(C)CC1C(=O)c2cccc3cc([N+](=O)[O-])cc(c23)C1=O. The van der Waals surface area contributed by atoms with Gasteiger partial charge in [-0.3, -0.25) is 19.7 Å². The quantitative estimate of drug-likeness (QED) is 0.493. The van der Waals surface area contributed by atoms with Gasteiger partial charge >= 0.3 is 0 Å². The third-order valence-corrected chi connectivity index (χ3v) is 3.88. The van der Waals surface area contributed by atoms with Gasteiger partial charge in [0.25, 0.3) is 5.69 Å². The minimum atomic E-state index is -0.810. The van der Waals surface area contributed by atoms with Crippen LogP contribution in [0.1, 0.15) is 20.7 Å². The largest absolute Gasteiger partial charge is 0.308 e. The van der Waals surface area contributed by atoms with Crippen molar-refractivity contribution < 1.29 is 14.5 Å². The van der Waals surface area contributed by atoms with E-state index in [0.29, 0.717) is 16.3 Å². The Morgan fingerprint density at radius 3 is 2.45 bits per heavy atom. The normalized spacial score (nSPS) is 17.3. The van der Waals surface area contributed by atoms with E-state index < -0.39 is 10.8 Å². The standard InChI is InChI=1S/C16H14N2O4/c1-17(2)8-13-15(19)11-5-3-4-9-6-10(18(21)22)7-12(14(9)11)16(13)20/h3-7,13H,8H2,1-2H3. The van der Waals surface area contributed by atoms with Gasteiger partial charge in [-0.2, -0.15) is 0 Å². The molecule has 0 radical (unpaired) electrons. The van der Waals surface area contributed by atoms with Crippen molar-refractivity contribution in [1.29, 1.82) is 0 Å². The van der Waals surface area contributed by atoms with Crippen LogP contribution in [0.2, 0.25) is 0 Å². The molecule has 1 aliphatic carbocycles. The molecule has 1 aliphatic rings. The molecule has 112 valence electrons. The molecule has 22 heavy (non-hydrogen) atoms. The molecule has 6 heteroatoms. The highest BCUT2D eigenvalue weighted by molar-refractivity contribution is 6.29. The summed E-state index contributed by atoms with van der Waals surface area (Å²) in [5.41, 5.74) is 0.603. The minimum Gasteiger partial charge on any atom is -0.308 e. The van der Waals surface area contributed by atoms with E-state index in [9.17, 15) is 19.7 Å². The van der Waals surface area contributed by atoms with Crippen molar-refractivity contribution in [2.24, 2.45) is 5.92 Å². The molecule has 0 aromatic heterocycles. The molecule has 3 rings (SSSR count). The molecule has 0 heterocycles. The highest BCUT2D eigenvalue weighted by atomic mass is 16.6. The van der Waals surface area contributed by atoms with E-state index in [4.69, 9.17) is 0 Å². The molecule has 2 aromatic carbocycles. The van der Waals surface area contributed by atoms with Crippen LogP contribution in [-0.4, -0.2) is 42.0 Å². The third kappa shape index (κ3) is 2.08. The van der Waals surface area contributed by atoms with Gasteiger partial charge in [0, 0.05) is 35.2 Å². The fourth-order valence-corrected chi connectivity index (χ4v) is 2.94. The summed E-state index contributed by atoms with van der Waals surface area (Å²) >= 11 is 0. The van der Waals surface area contributed by atoms with Crippen molar-refractivity contribution >= 4 is 28.0 Å². The molecule has 1 atom stereocenters. The predicted molar refractivity (Wildman–Crippen MR) is 81.3 cm³/mol. The molecule has 6 nitrogen and oxygen atoms in total. The van der Waals surface area contributed by atoms with Crippen molar-refractivity contribution in [3.63, 3.8) is 0 Å². The summed E-state index contributed by atoms with van der Waals surface area (Å²) in [6, 6.07) is 7.72. The summed E-state index contributed by atoms with van der Waals surface area (Å²) in [4.78, 5) is 37.6. The van der Waals surface area contributed by atoms with Gasteiger partial charge in [0.1, 0.15) is 0 Å². The Labute approximate surface area is 126 Å². The van der Waals surface area contributed by atoms with Crippen LogP contribution in [0.15, 0.2) is 30.3 Å². The third-order valence-electron chi connectivity index (χ3n) is 3.88. The summed E-state index contributed by atoms with van der Waals surface area (Å²) in [6.07, 6.45) is 0. The first kappa shape index (κ1) is 14.3. The number of nitro groups is 1. The van der Waals surface area contributed by atoms with Gasteiger partial charge in [0.2, 0.25) is 0 Å². The van der Waals surface area contributed by atoms with E-state index in [1.807, 2.05) is 0 Å². The smallest absolute Gasteiger partial charge is 0.270 e. The Bertz CT molecular complexity index is 826. The number of hydrogen-bond donors (Lipinski definition) is 0. The average molecular weight is 298 g/mol. The number of hydrogen-bond acceptors (Lipinski definition) is 5. The van der Waals surface area contributed by atoms with E-state index in [1.54, 1.807) is 37.2 Å². The Morgan fingerprint density at radius 1 is 1.14 bits per heavy atom. The molecule has 0 bridgehead atoms. The maximum atomic E-state index is 12.7. The van der Waals surface area contributed by atoms with E-state index in [1.165, 1.54) is 12.1 Å². The van der Waals surface area contributed by atoms with Gasteiger partial charge in [-0.05, 0) is 19.5 Å². The number of benzene rings is 2. The lowest BCUT2D eigenvalue weighted by atomic mass is 9.79. The Kier molecular flexibility index (Phi) is 3.26. The number of non-ortho nitro benzene ring substituents is 1. The number of carbonyl (C=O) groups is 2. The predicted octanol–water partition coefficient (Wildman–Crippen LogP) is 2.30. The number of rotatable bonds is 3. The highest BCUT2D eigenvalue weighted by Gasteiger charge is 2.37. The first-order chi connectivity index (χ1) is 10.4. The molecule has 2 aromatic rings. The average Bonchev–Trinajstić information content (AvgIpc) is 2.48. The van der Waals surface area contributed by atoms with Crippen molar-refractivity contribution in [1.82, 2.24) is 4.90 Å². The van der Waals surface area contributed by atoms with Gasteiger partial charge in [0.05, 0.1) is 10.8 Å². The number of nitro benzene ring substituents is 1. The Balaban J connectivity index is 2.30. The van der Waals surface area contributed by atoms with Crippen LogP contribution in [0.4, 0.5) is 5.69 Å². The molecule has 1 unspecified atom stereocenters. The molecule has 0 saturated heterocycles. The number of carbonyl (C=O) groups excluding carboxylic acids is 2. The second-order valence-corrected chi connectivity index (χ2v) is 5.70. The van der Waals surface area contributed by atoms with Gasteiger partial charge in [0.15, 0.2) is 11.6 Å². The van der Waals surface area contributed by atoms with Crippen molar-refractivity contribution in [3.05, 3.63) is 51.6 Å². The van der Waals surface area contributed by atoms with Crippen LogP contribution in [0.3, 0.4) is 0 Å². The first-order valence-corrected chi connectivity index (χ1v) is 6.84. The van der Waals surface area contributed by atoms with Gasteiger partial charge in [-0.25, -0.2) is 0 Å². The molecule has 0 amide bonds. The highest BCUT2D eigenvalue weighted by Crippen LogP contribution is 2.35. The summed E-state index contributed by atoms with van der Waals surface area (Å²) < 4.78 is 0. The molecule has 0 saturated carbocycles. The number of nitrogens with zero attached hydrogens (tertiary/aromatic N) is 2. The maximum absolute atomic E-state index is 12.7. The molecular formula is C16H14N2O4. The monoisotopic (exact) mass is 298 g/mol. The zero-order valence-corrected chi connectivity index (χ0v) is 12.2. The number of Topliss-reactive ketones (excluding diaryl/α,β-unsaturated/α-hetero) is 2. The van der Waals surface area contributed by atoms with Crippen LogP contribution in [0.5, 0.6) is 0 Å². The van der Waals surface area contributed by atoms with Crippen molar-refractivity contribution in [2.75, 3.05) is 20.6 Å². The van der Waals surface area contributed by atoms with E-state index in [2.05, 4.69) is 0 Å². The minimum absolute atomic E-state index is 0.133. The van der Waals surface area contributed by atoms with Crippen molar-refractivity contribution in [2.45, 2.75) is 0 Å². The Hall–Kier alpha value is -2.60. The molecule has 0 spiro atoms. The first-order valence-electron chi connectivity index (χ1n) is 6.84.